The fourth-order valence-corrected chi connectivity index (χ4v) is 4.40. The fraction of sp³-hybridized carbons (Fsp3) is 0.250. The first-order valence-electron chi connectivity index (χ1n) is 11.8. The van der Waals surface area contributed by atoms with Crippen LogP contribution in [0.2, 0.25) is 5.02 Å². The molecule has 0 fully saturated rings. The van der Waals surface area contributed by atoms with Gasteiger partial charge in [-0.15, -0.1) is 0 Å². The van der Waals surface area contributed by atoms with Crippen molar-refractivity contribution in [1.82, 2.24) is 14.8 Å². The van der Waals surface area contributed by atoms with E-state index in [1.807, 2.05) is 24.2 Å². The maximum absolute atomic E-state index is 13.4. The minimum Gasteiger partial charge on any atom is -0.497 e. The van der Waals surface area contributed by atoms with Gasteiger partial charge < -0.3 is 19.7 Å². The van der Waals surface area contributed by atoms with Crippen molar-refractivity contribution in [2.24, 2.45) is 0 Å². The van der Waals surface area contributed by atoms with Crippen LogP contribution in [0.15, 0.2) is 66.5 Å². The second-order valence-electron chi connectivity index (χ2n) is 8.66. The molecule has 9 heteroatoms. The van der Waals surface area contributed by atoms with Gasteiger partial charge in [0.2, 0.25) is 5.91 Å². The summed E-state index contributed by atoms with van der Waals surface area (Å²) in [5, 5.41) is 4.03. The van der Waals surface area contributed by atoms with Crippen molar-refractivity contribution in [3.8, 4) is 5.75 Å². The minimum absolute atomic E-state index is 0.0360. The molecule has 1 amide bonds. The molecule has 4 rings (SSSR count). The van der Waals surface area contributed by atoms with Gasteiger partial charge in [-0.3, -0.25) is 19.0 Å². The molecule has 2 aromatic carbocycles. The zero-order valence-electron chi connectivity index (χ0n) is 20.9. The van der Waals surface area contributed by atoms with E-state index in [1.165, 1.54) is 0 Å². The molecule has 3 aromatic rings. The van der Waals surface area contributed by atoms with Gasteiger partial charge in [-0.05, 0) is 67.6 Å². The highest BCUT2D eigenvalue weighted by Crippen LogP contribution is 2.31. The Labute approximate surface area is 220 Å². The van der Waals surface area contributed by atoms with Crippen molar-refractivity contribution in [1.29, 1.82) is 0 Å². The summed E-state index contributed by atoms with van der Waals surface area (Å²) < 4.78 is 12.4. The number of hydrogen-bond acceptors (Lipinski definition) is 6. The van der Waals surface area contributed by atoms with E-state index < -0.39 is 5.97 Å². The molecule has 1 aliphatic heterocycles. The zero-order valence-corrected chi connectivity index (χ0v) is 21.7. The van der Waals surface area contributed by atoms with E-state index in [-0.39, 0.29) is 31.4 Å². The van der Waals surface area contributed by atoms with Gasteiger partial charge in [0, 0.05) is 40.5 Å². The largest absolute Gasteiger partial charge is 0.497 e. The van der Waals surface area contributed by atoms with Gasteiger partial charge in [0.15, 0.2) is 0 Å². The van der Waals surface area contributed by atoms with Crippen molar-refractivity contribution in [2.75, 3.05) is 27.3 Å². The molecular weight excluding hydrogens is 494 g/mol. The molecule has 0 aliphatic carbocycles. The highest BCUT2D eigenvalue weighted by molar-refractivity contribution is 6.30. The average molecular weight is 522 g/mol. The molecular formula is C28H28ClN3O5. The van der Waals surface area contributed by atoms with E-state index in [4.69, 9.17) is 21.1 Å². The third-order valence-corrected chi connectivity index (χ3v) is 6.39. The normalized spacial score (nSPS) is 12.9. The maximum Gasteiger partial charge on any atom is 0.310 e. The Bertz CT molecular complexity index is 1410. The number of benzene rings is 2. The molecule has 2 heterocycles. The van der Waals surface area contributed by atoms with Gasteiger partial charge >= 0.3 is 5.97 Å². The highest BCUT2D eigenvalue weighted by atomic mass is 35.5. The van der Waals surface area contributed by atoms with E-state index in [0.29, 0.717) is 45.1 Å². The number of amides is 1. The van der Waals surface area contributed by atoms with E-state index in [1.54, 1.807) is 67.3 Å². The lowest BCUT2D eigenvalue weighted by Crippen LogP contribution is -2.30. The van der Waals surface area contributed by atoms with Gasteiger partial charge in [-0.25, -0.2) is 0 Å². The van der Waals surface area contributed by atoms with Gasteiger partial charge in [0.1, 0.15) is 12.4 Å². The molecule has 0 unspecified atom stereocenters. The smallest absolute Gasteiger partial charge is 0.310 e. The van der Waals surface area contributed by atoms with E-state index >= 15 is 0 Å². The van der Waals surface area contributed by atoms with Crippen LogP contribution < -0.4 is 10.1 Å². The SMILES string of the molecule is COc1ccc2c(c1)c(CC(=O)OCCNC(=O)C1=CN(C)C=CC1)c(C)n2C(=O)c1ccc(Cl)cc1. The Balaban J connectivity index is 1.48. The molecule has 192 valence electrons. The van der Waals surface area contributed by atoms with Crippen LogP contribution in [-0.4, -0.2) is 54.6 Å². The molecule has 0 saturated heterocycles. The van der Waals surface area contributed by atoms with E-state index in [2.05, 4.69) is 5.32 Å². The summed E-state index contributed by atoms with van der Waals surface area (Å²) in [6.45, 7) is 2.03. The number of hydrogen-bond donors (Lipinski definition) is 1. The van der Waals surface area contributed by atoms with Crippen LogP contribution in [0.25, 0.3) is 10.9 Å². The van der Waals surface area contributed by atoms with Gasteiger partial charge in [-0.2, -0.15) is 0 Å². The summed E-state index contributed by atoms with van der Waals surface area (Å²) in [5.74, 6) is -0.278. The second kappa shape index (κ2) is 11.3. The first-order chi connectivity index (χ1) is 17.8. The van der Waals surface area contributed by atoms with Crippen LogP contribution in [0, 0.1) is 6.92 Å². The van der Waals surface area contributed by atoms with Crippen LogP contribution in [0.5, 0.6) is 5.75 Å². The predicted molar refractivity (Wildman–Crippen MR) is 142 cm³/mol. The summed E-state index contributed by atoms with van der Waals surface area (Å²) in [7, 11) is 3.41. The monoisotopic (exact) mass is 521 g/mol. The molecule has 37 heavy (non-hydrogen) atoms. The number of halogens is 1. The number of methoxy groups -OCH3 is 1. The predicted octanol–water partition coefficient (Wildman–Crippen LogP) is 4.24. The zero-order chi connectivity index (χ0) is 26.5. The number of rotatable bonds is 8. The van der Waals surface area contributed by atoms with Crippen molar-refractivity contribution in [3.05, 3.63) is 88.4 Å². The van der Waals surface area contributed by atoms with E-state index in [0.717, 1.165) is 5.39 Å². The van der Waals surface area contributed by atoms with Crippen LogP contribution in [-0.2, 0) is 20.7 Å². The first kappa shape index (κ1) is 26.0. The second-order valence-corrected chi connectivity index (χ2v) is 9.09. The molecule has 0 radical (unpaired) electrons. The highest BCUT2D eigenvalue weighted by Gasteiger charge is 2.22. The molecule has 1 aromatic heterocycles. The van der Waals surface area contributed by atoms with Crippen LogP contribution in [0.1, 0.15) is 28.0 Å². The lowest BCUT2D eigenvalue weighted by molar-refractivity contribution is -0.143. The number of nitrogens with zero attached hydrogens (tertiary/aromatic N) is 2. The summed E-state index contributed by atoms with van der Waals surface area (Å²) >= 11 is 5.98. The molecule has 1 aliphatic rings. The lowest BCUT2D eigenvalue weighted by atomic mass is 10.1. The third kappa shape index (κ3) is 5.86. The Hall–Kier alpha value is -4.04. The molecule has 0 bridgehead atoms. The quantitative estimate of drug-likeness (QED) is 0.352. The minimum atomic E-state index is -0.460. The summed E-state index contributed by atoms with van der Waals surface area (Å²) in [5.41, 5.74) is 3.08. The number of aromatic nitrogens is 1. The van der Waals surface area contributed by atoms with Crippen LogP contribution >= 0.6 is 11.6 Å². The molecule has 1 N–H and O–H groups in total. The van der Waals surface area contributed by atoms with Gasteiger partial charge in [0.05, 0.1) is 25.6 Å². The fourth-order valence-electron chi connectivity index (χ4n) is 4.27. The summed E-state index contributed by atoms with van der Waals surface area (Å²) in [6, 6.07) is 12.0. The molecule has 0 saturated carbocycles. The molecule has 0 atom stereocenters. The standard InChI is InChI=1S/C28H28ClN3O5/c1-18-23(16-26(33)37-14-12-30-27(34)20-5-4-13-31(2)17-20)24-15-22(36-3)10-11-25(24)32(18)28(35)19-6-8-21(29)9-7-19/h4,6-11,13,15,17H,5,12,14,16H2,1-3H3,(H,30,34). The molecule has 8 nitrogen and oxygen atoms in total. The Morgan fingerprint density at radius 2 is 1.86 bits per heavy atom. The Morgan fingerprint density at radius 1 is 1.11 bits per heavy atom. The van der Waals surface area contributed by atoms with Crippen LogP contribution in [0.3, 0.4) is 0 Å². The van der Waals surface area contributed by atoms with Crippen molar-refractivity contribution >= 4 is 40.3 Å². The lowest BCUT2D eigenvalue weighted by Gasteiger charge is -2.16. The number of ether oxygens (including phenoxy) is 2. The number of carbonyl (C=O) groups is 3. The van der Waals surface area contributed by atoms with Crippen LogP contribution in [0.4, 0.5) is 0 Å². The average Bonchev–Trinajstić information content (AvgIpc) is 3.16. The number of carbonyl (C=O) groups excluding carboxylic acids is 3. The third-order valence-electron chi connectivity index (χ3n) is 6.14. The first-order valence-corrected chi connectivity index (χ1v) is 12.2. The number of fused-ring (bicyclic) bond motifs is 1. The van der Waals surface area contributed by atoms with Gasteiger partial charge in [-0.1, -0.05) is 17.7 Å². The number of nitrogens with one attached hydrogen (secondary N) is 1. The summed E-state index contributed by atoms with van der Waals surface area (Å²) in [6.07, 6.45) is 6.07. The number of allylic oxidation sites excluding steroid dienone is 1. The molecule has 0 spiro atoms. The maximum atomic E-state index is 13.4. The van der Waals surface area contributed by atoms with E-state index in [9.17, 15) is 14.4 Å². The Morgan fingerprint density at radius 3 is 2.57 bits per heavy atom. The van der Waals surface area contributed by atoms with Gasteiger partial charge in [0.25, 0.3) is 5.91 Å². The van der Waals surface area contributed by atoms with Crippen molar-refractivity contribution in [3.63, 3.8) is 0 Å². The Kier molecular flexibility index (Phi) is 7.98. The summed E-state index contributed by atoms with van der Waals surface area (Å²) in [4.78, 5) is 40.2. The number of esters is 1. The van der Waals surface area contributed by atoms with Crippen molar-refractivity contribution in [2.45, 2.75) is 19.8 Å². The topological polar surface area (TPSA) is 89.9 Å². The van der Waals surface area contributed by atoms with Crippen molar-refractivity contribution < 1.29 is 23.9 Å².